The van der Waals surface area contributed by atoms with Crippen LogP contribution < -0.4 is 0 Å². The van der Waals surface area contributed by atoms with Gasteiger partial charge >= 0.3 is 0 Å². The predicted octanol–water partition coefficient (Wildman–Crippen LogP) is 6.67. The van der Waals surface area contributed by atoms with E-state index in [9.17, 15) is 0 Å². The summed E-state index contributed by atoms with van der Waals surface area (Å²) >= 11 is 0. The number of allylic oxidation sites excluding steroid dienone is 2. The van der Waals surface area contributed by atoms with Crippen molar-refractivity contribution in [3.05, 3.63) is 25.0 Å². The van der Waals surface area contributed by atoms with E-state index in [1.807, 2.05) is 0 Å². The minimum Gasteiger partial charge on any atom is -0.0885 e. The molecule has 0 spiro atoms. The van der Waals surface area contributed by atoms with Crippen LogP contribution in [0.5, 0.6) is 0 Å². The zero-order valence-corrected chi connectivity index (χ0v) is 12.8. The van der Waals surface area contributed by atoms with Crippen molar-refractivity contribution in [2.24, 2.45) is 0 Å². The summed E-state index contributed by atoms with van der Waals surface area (Å²) in [6, 6.07) is 0. The van der Waals surface area contributed by atoms with Crippen LogP contribution in [0.25, 0.3) is 0 Å². The molecule has 0 atom stereocenters. The Morgan fingerprint density at radius 2 is 1.28 bits per heavy atom. The van der Waals surface area contributed by atoms with Crippen molar-refractivity contribution in [1.82, 2.24) is 0 Å². The van der Waals surface area contributed by atoms with Crippen LogP contribution in [0.1, 0.15) is 90.9 Å². The maximum Gasteiger partial charge on any atom is -0.0351 e. The minimum atomic E-state index is 1.24. The molecule has 0 aliphatic carbocycles. The van der Waals surface area contributed by atoms with Crippen LogP contribution >= 0.6 is 0 Å². The molecule has 0 amide bonds. The fraction of sp³-hybridized carbons (Fsp3) is 0.778. The summed E-state index contributed by atoms with van der Waals surface area (Å²) in [6.45, 7) is 4.42. The lowest BCUT2D eigenvalue weighted by Crippen LogP contribution is -1.79. The van der Waals surface area contributed by atoms with E-state index in [0.29, 0.717) is 0 Å². The van der Waals surface area contributed by atoms with E-state index in [1.54, 1.807) is 0 Å². The third-order valence-electron chi connectivity index (χ3n) is 3.33. The Hall–Kier alpha value is -0.260. The molecule has 0 heteroatoms. The normalized spacial score (nSPS) is 11.4. The molecule has 0 saturated heterocycles. The Morgan fingerprint density at radius 3 is 2.00 bits per heavy atom. The maximum atomic E-state index is 2.43. The Labute approximate surface area is 116 Å². The van der Waals surface area contributed by atoms with Gasteiger partial charge in [0.1, 0.15) is 0 Å². The zero-order chi connectivity index (χ0) is 13.3. The molecule has 0 aliphatic rings. The van der Waals surface area contributed by atoms with Crippen LogP contribution in [0.4, 0.5) is 0 Å². The molecular formula is C18H34. The average Bonchev–Trinajstić information content (AvgIpc) is 2.39. The van der Waals surface area contributed by atoms with Gasteiger partial charge in [-0.05, 0) is 51.4 Å². The molecule has 0 rings (SSSR count). The van der Waals surface area contributed by atoms with Gasteiger partial charge in [0.2, 0.25) is 0 Å². The summed E-state index contributed by atoms with van der Waals surface area (Å²) in [5.74, 6) is 0. The van der Waals surface area contributed by atoms with Gasteiger partial charge in [0.25, 0.3) is 0 Å². The third-order valence-corrected chi connectivity index (χ3v) is 3.33. The molecule has 0 aromatic rings. The smallest absolute Gasteiger partial charge is 0.0351 e. The van der Waals surface area contributed by atoms with Crippen molar-refractivity contribution < 1.29 is 0 Å². The summed E-state index contributed by atoms with van der Waals surface area (Å²) in [5.41, 5.74) is 0. The summed E-state index contributed by atoms with van der Waals surface area (Å²) in [5, 5.41) is 0. The minimum absolute atomic E-state index is 1.24. The first kappa shape index (κ1) is 17.7. The van der Waals surface area contributed by atoms with Crippen molar-refractivity contribution in [1.29, 1.82) is 0 Å². The van der Waals surface area contributed by atoms with Gasteiger partial charge in [-0.25, -0.2) is 0 Å². The Kier molecular flexibility index (Phi) is 16.5. The van der Waals surface area contributed by atoms with Crippen molar-refractivity contribution in [2.75, 3.05) is 0 Å². The van der Waals surface area contributed by atoms with Gasteiger partial charge in [-0.15, -0.1) is 0 Å². The molecule has 0 fully saturated rings. The van der Waals surface area contributed by atoms with Crippen molar-refractivity contribution in [3.8, 4) is 0 Å². The van der Waals surface area contributed by atoms with Crippen LogP contribution in [-0.4, -0.2) is 0 Å². The Bertz CT molecular complexity index is 139. The standard InChI is InChI=1S/C18H34/c1-3-5-7-9-11-13-15-17-18-16-14-12-10-8-6-4-2/h3,9,17-18H,4-8,10-16H2,1-2H3/b18-17-. The van der Waals surface area contributed by atoms with Gasteiger partial charge in [0, 0.05) is 0 Å². The van der Waals surface area contributed by atoms with Crippen molar-refractivity contribution >= 4 is 0 Å². The molecule has 2 radical (unpaired) electrons. The van der Waals surface area contributed by atoms with Crippen molar-refractivity contribution in [3.63, 3.8) is 0 Å². The lowest BCUT2D eigenvalue weighted by atomic mass is 10.1. The summed E-state index contributed by atoms with van der Waals surface area (Å²) in [4.78, 5) is 0. The Morgan fingerprint density at radius 1 is 0.611 bits per heavy atom. The quantitative estimate of drug-likeness (QED) is 0.238. The van der Waals surface area contributed by atoms with Crippen molar-refractivity contribution in [2.45, 2.75) is 90.9 Å². The topological polar surface area (TPSA) is 0 Å². The second kappa shape index (κ2) is 16.7. The van der Waals surface area contributed by atoms with Crippen LogP contribution in [-0.2, 0) is 0 Å². The number of unbranched alkanes of at least 4 members (excludes halogenated alkanes) is 12. The molecule has 0 nitrogen and oxygen atoms in total. The summed E-state index contributed by atoms with van der Waals surface area (Å²) in [6.07, 6.45) is 25.6. The molecule has 18 heavy (non-hydrogen) atoms. The first-order chi connectivity index (χ1) is 8.91. The van der Waals surface area contributed by atoms with Gasteiger partial charge in [0.05, 0.1) is 0 Å². The van der Waals surface area contributed by atoms with Crippen LogP contribution in [0.2, 0.25) is 0 Å². The fourth-order valence-corrected chi connectivity index (χ4v) is 2.09. The van der Waals surface area contributed by atoms with Gasteiger partial charge < -0.3 is 0 Å². The van der Waals surface area contributed by atoms with E-state index in [4.69, 9.17) is 0 Å². The highest BCUT2D eigenvalue weighted by Crippen LogP contribution is 2.09. The molecule has 0 unspecified atom stereocenters. The largest absolute Gasteiger partial charge is 0.0885 e. The second-order valence-corrected chi connectivity index (χ2v) is 5.23. The highest BCUT2D eigenvalue weighted by molar-refractivity contribution is 4.82. The lowest BCUT2D eigenvalue weighted by molar-refractivity contribution is 0.611. The third kappa shape index (κ3) is 15.7. The van der Waals surface area contributed by atoms with E-state index in [2.05, 4.69) is 38.8 Å². The van der Waals surface area contributed by atoms with E-state index >= 15 is 0 Å². The van der Waals surface area contributed by atoms with Gasteiger partial charge in [-0.2, -0.15) is 0 Å². The number of rotatable bonds is 14. The second-order valence-electron chi connectivity index (χ2n) is 5.23. The van der Waals surface area contributed by atoms with Gasteiger partial charge in [-0.3, -0.25) is 0 Å². The zero-order valence-electron chi connectivity index (χ0n) is 12.8. The first-order valence-corrected chi connectivity index (χ1v) is 8.16. The predicted molar refractivity (Wildman–Crippen MR) is 84.5 cm³/mol. The maximum absolute atomic E-state index is 2.43. The fourth-order valence-electron chi connectivity index (χ4n) is 2.09. The highest BCUT2D eigenvalue weighted by Gasteiger charge is 1.89. The lowest BCUT2D eigenvalue weighted by Gasteiger charge is -1.98. The van der Waals surface area contributed by atoms with Crippen LogP contribution in [0.3, 0.4) is 0 Å². The van der Waals surface area contributed by atoms with Crippen LogP contribution in [0.15, 0.2) is 12.2 Å². The van der Waals surface area contributed by atoms with Gasteiger partial charge in [0.15, 0.2) is 0 Å². The first-order valence-electron chi connectivity index (χ1n) is 8.16. The van der Waals surface area contributed by atoms with Crippen LogP contribution in [0, 0.1) is 12.8 Å². The molecular weight excluding hydrogens is 216 g/mol. The molecule has 0 bridgehead atoms. The molecule has 0 N–H and O–H groups in total. The number of hydrogen-bond acceptors (Lipinski definition) is 0. The van der Waals surface area contributed by atoms with E-state index in [1.165, 1.54) is 77.0 Å². The van der Waals surface area contributed by atoms with Gasteiger partial charge in [-0.1, -0.05) is 64.5 Å². The SMILES string of the molecule is C[CH]CC[CH]CCC/C=C\CCCCCCCC. The highest BCUT2D eigenvalue weighted by atomic mass is 14.0. The van der Waals surface area contributed by atoms with E-state index in [-0.39, 0.29) is 0 Å². The van der Waals surface area contributed by atoms with E-state index < -0.39 is 0 Å². The average molecular weight is 250 g/mol. The molecule has 0 aromatic carbocycles. The molecule has 0 aromatic heterocycles. The van der Waals surface area contributed by atoms with E-state index in [0.717, 1.165) is 0 Å². The summed E-state index contributed by atoms with van der Waals surface area (Å²) < 4.78 is 0. The molecule has 0 heterocycles. The molecule has 0 aliphatic heterocycles. The molecule has 106 valence electrons. The summed E-state index contributed by atoms with van der Waals surface area (Å²) in [7, 11) is 0. The molecule has 0 saturated carbocycles. The number of hydrogen-bond donors (Lipinski definition) is 0. The monoisotopic (exact) mass is 250 g/mol. The Balaban J connectivity index is 3.00.